The Labute approximate surface area is 194 Å². The molecule has 4 bridgehead atoms. The van der Waals surface area contributed by atoms with Gasteiger partial charge < -0.3 is 9.47 Å². The van der Waals surface area contributed by atoms with Crippen LogP contribution >= 0.6 is 11.8 Å². The van der Waals surface area contributed by atoms with Gasteiger partial charge >= 0.3 is 5.97 Å². The smallest absolute Gasteiger partial charge is 0.338 e. The number of hydrogen-bond donors (Lipinski definition) is 0. The Bertz CT molecular complexity index is 991. The molecule has 5 heteroatoms. The minimum Gasteiger partial charge on any atom is -0.496 e. The van der Waals surface area contributed by atoms with Crippen LogP contribution in [0.1, 0.15) is 71.7 Å². The Hall–Kier alpha value is -2.27. The number of thioether (sulfide) groups is 1. The number of hydrogen-bond acceptors (Lipinski definition) is 5. The number of benzene rings is 2. The molecule has 4 fully saturated rings. The molecule has 4 nitrogen and oxygen atoms in total. The van der Waals surface area contributed by atoms with E-state index in [0.717, 1.165) is 34.0 Å². The lowest BCUT2D eigenvalue weighted by atomic mass is 9.48. The molecule has 0 unspecified atom stereocenters. The Morgan fingerprint density at radius 3 is 2.09 bits per heavy atom. The van der Waals surface area contributed by atoms with E-state index in [0.29, 0.717) is 12.2 Å². The number of carbonyl (C=O) groups is 2. The molecule has 4 aliphatic carbocycles. The van der Waals surface area contributed by atoms with Gasteiger partial charge in [0.05, 0.1) is 19.3 Å². The van der Waals surface area contributed by atoms with Crippen LogP contribution in [-0.2, 0) is 10.2 Å². The third-order valence-corrected chi connectivity index (χ3v) is 8.55. The lowest BCUT2D eigenvalue weighted by Gasteiger charge is -2.57. The number of esters is 1. The summed E-state index contributed by atoms with van der Waals surface area (Å²) >= 11 is 1.20. The van der Waals surface area contributed by atoms with Crippen LogP contribution in [0.15, 0.2) is 47.4 Å². The highest BCUT2D eigenvalue weighted by atomic mass is 32.2. The Balaban J connectivity index is 1.38. The van der Waals surface area contributed by atoms with Gasteiger partial charge in [-0.15, -0.1) is 0 Å². The summed E-state index contributed by atoms with van der Waals surface area (Å²) < 4.78 is 10.8. The normalized spacial score (nSPS) is 27.9. The molecule has 4 saturated carbocycles. The Morgan fingerprint density at radius 2 is 1.53 bits per heavy atom. The molecule has 6 rings (SSSR count). The van der Waals surface area contributed by atoms with Crippen molar-refractivity contribution in [2.45, 2.75) is 55.8 Å². The summed E-state index contributed by atoms with van der Waals surface area (Å²) in [7, 11) is 1.74. The van der Waals surface area contributed by atoms with Crippen LogP contribution in [0.2, 0.25) is 0 Å². The van der Waals surface area contributed by atoms with Crippen molar-refractivity contribution >= 4 is 22.8 Å². The van der Waals surface area contributed by atoms with Crippen LogP contribution in [0.3, 0.4) is 0 Å². The van der Waals surface area contributed by atoms with Crippen molar-refractivity contribution in [2.75, 3.05) is 13.7 Å². The van der Waals surface area contributed by atoms with Gasteiger partial charge in [-0.05, 0) is 123 Å². The van der Waals surface area contributed by atoms with E-state index < -0.39 is 0 Å². The average Bonchev–Trinajstić information content (AvgIpc) is 2.78. The van der Waals surface area contributed by atoms with Gasteiger partial charge in [0.1, 0.15) is 5.75 Å². The van der Waals surface area contributed by atoms with Crippen LogP contribution in [0, 0.1) is 17.8 Å². The summed E-state index contributed by atoms with van der Waals surface area (Å²) in [6.07, 6.45) is 7.86. The van der Waals surface area contributed by atoms with Crippen molar-refractivity contribution in [1.82, 2.24) is 0 Å². The first-order chi connectivity index (χ1) is 15.5. The maximum Gasteiger partial charge on any atom is 0.338 e. The maximum atomic E-state index is 13.1. The van der Waals surface area contributed by atoms with Crippen molar-refractivity contribution in [3.8, 4) is 5.75 Å². The van der Waals surface area contributed by atoms with Crippen molar-refractivity contribution in [3.63, 3.8) is 0 Å². The molecule has 0 amide bonds. The summed E-state index contributed by atoms with van der Waals surface area (Å²) in [6, 6.07) is 13.0. The van der Waals surface area contributed by atoms with E-state index in [1.807, 2.05) is 12.1 Å². The molecule has 4 aliphatic rings. The van der Waals surface area contributed by atoms with E-state index in [1.54, 1.807) is 38.3 Å². The fraction of sp³-hybridized carbons (Fsp3) is 0.481. The minimum atomic E-state index is -0.342. The van der Waals surface area contributed by atoms with Crippen molar-refractivity contribution < 1.29 is 19.1 Å². The summed E-state index contributed by atoms with van der Waals surface area (Å²) in [4.78, 5) is 25.8. The third kappa shape index (κ3) is 3.96. The van der Waals surface area contributed by atoms with E-state index in [1.165, 1.54) is 55.9 Å². The SMILES string of the molecule is CCOC(=O)c1ccc(SC(=O)c2ccc(OC)c(C34CC5CC(CC(C5)C3)C4)c2)cc1. The first-order valence-corrected chi connectivity index (χ1v) is 12.5. The second-order valence-electron chi connectivity index (χ2n) is 9.75. The standard InChI is InChI=1S/C27H30O4S/c1-3-31-25(28)20-4-7-22(8-5-20)32-26(29)21-6-9-24(30-2)23(13-21)27-14-17-10-18(15-27)12-19(11-17)16-27/h4-9,13,17-19H,3,10-12,14-16H2,1-2H3. The first-order valence-electron chi connectivity index (χ1n) is 11.7. The van der Waals surface area contributed by atoms with Crippen LogP contribution in [0.5, 0.6) is 5.75 Å². The van der Waals surface area contributed by atoms with Gasteiger partial charge in [0.2, 0.25) is 5.12 Å². The Kier molecular flexibility index (Phi) is 5.79. The second kappa shape index (κ2) is 8.58. The van der Waals surface area contributed by atoms with Crippen LogP contribution < -0.4 is 4.74 Å². The number of carbonyl (C=O) groups excluding carboxylic acids is 2. The molecular formula is C27H30O4S. The predicted octanol–water partition coefficient (Wildman–Crippen LogP) is 6.27. The van der Waals surface area contributed by atoms with E-state index in [-0.39, 0.29) is 16.5 Å². The molecule has 2 aromatic rings. The molecule has 0 N–H and O–H groups in total. The van der Waals surface area contributed by atoms with Crippen LogP contribution in [0.4, 0.5) is 0 Å². The van der Waals surface area contributed by atoms with Gasteiger partial charge in [-0.2, -0.15) is 0 Å². The number of ether oxygens (including phenoxy) is 2. The Morgan fingerprint density at radius 1 is 0.938 bits per heavy atom. The van der Waals surface area contributed by atoms with E-state index in [4.69, 9.17) is 9.47 Å². The van der Waals surface area contributed by atoms with Crippen molar-refractivity contribution in [1.29, 1.82) is 0 Å². The molecule has 32 heavy (non-hydrogen) atoms. The van der Waals surface area contributed by atoms with Gasteiger partial charge in [0.15, 0.2) is 0 Å². The van der Waals surface area contributed by atoms with Gasteiger partial charge in [0.25, 0.3) is 0 Å². The lowest BCUT2D eigenvalue weighted by Crippen LogP contribution is -2.48. The molecule has 168 valence electrons. The van der Waals surface area contributed by atoms with Crippen molar-refractivity contribution in [3.05, 3.63) is 59.2 Å². The highest BCUT2D eigenvalue weighted by Crippen LogP contribution is 2.62. The molecule has 0 radical (unpaired) electrons. The fourth-order valence-corrected chi connectivity index (χ4v) is 7.46. The molecular weight excluding hydrogens is 420 g/mol. The molecule has 0 aliphatic heterocycles. The first kappa shape index (κ1) is 21.6. The fourth-order valence-electron chi connectivity index (χ4n) is 6.73. The van der Waals surface area contributed by atoms with Crippen LogP contribution in [0.25, 0.3) is 0 Å². The largest absolute Gasteiger partial charge is 0.496 e. The summed E-state index contributed by atoms with van der Waals surface area (Å²) in [5, 5.41) is 0.0162. The second-order valence-corrected chi connectivity index (χ2v) is 10.8. The van der Waals surface area contributed by atoms with E-state index in [2.05, 4.69) is 6.07 Å². The molecule has 0 spiro atoms. The maximum absolute atomic E-state index is 13.1. The summed E-state index contributed by atoms with van der Waals surface area (Å²) in [5.74, 6) is 3.07. The van der Waals surface area contributed by atoms with Gasteiger partial charge in [0, 0.05) is 16.0 Å². The quantitative estimate of drug-likeness (QED) is 0.383. The predicted molar refractivity (Wildman–Crippen MR) is 125 cm³/mol. The zero-order valence-electron chi connectivity index (χ0n) is 18.8. The van der Waals surface area contributed by atoms with Crippen LogP contribution in [-0.4, -0.2) is 24.8 Å². The highest BCUT2D eigenvalue weighted by molar-refractivity contribution is 8.14. The highest BCUT2D eigenvalue weighted by Gasteiger charge is 2.52. The molecule has 0 heterocycles. The monoisotopic (exact) mass is 450 g/mol. The zero-order valence-corrected chi connectivity index (χ0v) is 19.6. The van der Waals surface area contributed by atoms with Gasteiger partial charge in [-0.3, -0.25) is 4.79 Å². The number of methoxy groups -OCH3 is 1. The molecule has 2 aromatic carbocycles. The van der Waals surface area contributed by atoms with E-state index in [9.17, 15) is 9.59 Å². The zero-order chi connectivity index (χ0) is 22.3. The summed E-state index contributed by atoms with van der Waals surface area (Å²) in [5.41, 5.74) is 2.62. The van der Waals surface area contributed by atoms with Gasteiger partial charge in [-0.25, -0.2) is 4.79 Å². The topological polar surface area (TPSA) is 52.6 Å². The van der Waals surface area contributed by atoms with Gasteiger partial charge in [-0.1, -0.05) is 0 Å². The molecule has 0 atom stereocenters. The minimum absolute atomic E-state index is 0.0162. The number of rotatable bonds is 6. The van der Waals surface area contributed by atoms with Crippen molar-refractivity contribution in [2.24, 2.45) is 17.8 Å². The lowest BCUT2D eigenvalue weighted by molar-refractivity contribution is -0.00617. The molecule has 0 aromatic heterocycles. The third-order valence-electron chi connectivity index (χ3n) is 7.62. The average molecular weight is 451 g/mol. The summed E-state index contributed by atoms with van der Waals surface area (Å²) in [6.45, 7) is 2.13. The molecule has 0 saturated heterocycles. The van der Waals surface area contributed by atoms with E-state index >= 15 is 0 Å².